The van der Waals surface area contributed by atoms with Gasteiger partial charge in [0.15, 0.2) is 16.7 Å². The lowest BCUT2D eigenvalue weighted by atomic mass is 10.2. The average molecular weight is 440 g/mol. The molecule has 10 nitrogen and oxygen atoms in total. The van der Waals surface area contributed by atoms with Gasteiger partial charge in [0.2, 0.25) is 18.6 Å². The van der Waals surface area contributed by atoms with E-state index in [1.54, 1.807) is 18.2 Å². The Labute approximate surface area is 180 Å². The maximum Gasteiger partial charge on any atom is 0.335 e. The highest BCUT2D eigenvalue weighted by Gasteiger charge is 2.40. The molecule has 2 aliphatic heterocycles. The minimum atomic E-state index is -1.09. The van der Waals surface area contributed by atoms with Crippen LogP contribution in [0.2, 0.25) is 0 Å². The van der Waals surface area contributed by atoms with E-state index in [4.69, 9.17) is 20.3 Å². The zero-order valence-corrected chi connectivity index (χ0v) is 16.7. The van der Waals surface area contributed by atoms with E-state index < -0.39 is 23.0 Å². The molecule has 1 saturated heterocycles. The molecule has 0 bridgehead atoms. The van der Waals surface area contributed by atoms with Crippen LogP contribution in [0, 0.1) is 0 Å². The summed E-state index contributed by atoms with van der Waals surface area (Å²) in [5.74, 6) is -0.674. The van der Waals surface area contributed by atoms with Crippen LogP contribution in [-0.2, 0) is 9.59 Å². The molecule has 31 heavy (non-hydrogen) atoms. The molecule has 2 aromatic rings. The maximum atomic E-state index is 12.7. The smallest absolute Gasteiger partial charge is 0.335 e. The number of anilines is 1. The SMILES string of the molecule is NC(=N/N=C/c1ccc2c(c1)OCO2)SC1CC(=O)N(c2ccc(C(=O)O)cc2)C1=O. The number of thioether (sulfide) groups is 1. The molecule has 0 radical (unpaired) electrons. The van der Waals surface area contributed by atoms with Crippen molar-refractivity contribution in [1.82, 2.24) is 0 Å². The van der Waals surface area contributed by atoms with Gasteiger partial charge in [0.05, 0.1) is 17.5 Å². The van der Waals surface area contributed by atoms with Crippen molar-refractivity contribution in [2.75, 3.05) is 11.7 Å². The number of benzene rings is 2. The number of aromatic carboxylic acids is 1. The van der Waals surface area contributed by atoms with Gasteiger partial charge in [-0.2, -0.15) is 5.10 Å². The van der Waals surface area contributed by atoms with Gasteiger partial charge in [-0.1, -0.05) is 11.8 Å². The third-order valence-corrected chi connectivity index (χ3v) is 5.48. The summed E-state index contributed by atoms with van der Waals surface area (Å²) in [7, 11) is 0. The number of amidine groups is 1. The second kappa shape index (κ2) is 8.48. The predicted octanol–water partition coefficient (Wildman–Crippen LogP) is 1.83. The number of rotatable bonds is 5. The monoisotopic (exact) mass is 440 g/mol. The van der Waals surface area contributed by atoms with Gasteiger partial charge in [0.25, 0.3) is 0 Å². The summed E-state index contributed by atoms with van der Waals surface area (Å²) in [4.78, 5) is 37.0. The van der Waals surface area contributed by atoms with Crippen molar-refractivity contribution >= 4 is 46.6 Å². The molecule has 0 saturated carbocycles. The first-order valence-corrected chi connectivity index (χ1v) is 9.93. The van der Waals surface area contributed by atoms with E-state index in [0.717, 1.165) is 22.2 Å². The lowest BCUT2D eigenvalue weighted by molar-refractivity contribution is -0.121. The molecule has 3 N–H and O–H groups in total. The van der Waals surface area contributed by atoms with Crippen molar-refractivity contribution in [2.24, 2.45) is 15.9 Å². The van der Waals surface area contributed by atoms with Crippen LogP contribution in [0.4, 0.5) is 5.69 Å². The number of carboxylic acid groups (broad SMARTS) is 1. The van der Waals surface area contributed by atoms with Crippen LogP contribution in [-0.4, -0.2) is 46.3 Å². The Morgan fingerprint density at radius 3 is 2.65 bits per heavy atom. The number of amides is 2. The lowest BCUT2D eigenvalue weighted by Crippen LogP contribution is -2.31. The molecule has 2 heterocycles. The van der Waals surface area contributed by atoms with Gasteiger partial charge >= 0.3 is 5.97 Å². The second-order valence-electron chi connectivity index (χ2n) is 6.53. The standard InChI is InChI=1S/C20H16N4O6S/c21-20(23-22-9-11-1-6-14-15(7-11)30-10-29-14)31-16-8-17(25)24(18(16)26)13-4-2-12(3-5-13)19(27)28/h1-7,9,16H,8,10H2,(H2,21,23)(H,27,28)/b22-9+. The van der Waals surface area contributed by atoms with Crippen LogP contribution in [0.3, 0.4) is 0 Å². The van der Waals surface area contributed by atoms with E-state index in [1.165, 1.54) is 30.5 Å². The lowest BCUT2D eigenvalue weighted by Gasteiger charge is -2.14. The van der Waals surface area contributed by atoms with Gasteiger partial charge in [-0.05, 0) is 48.0 Å². The van der Waals surface area contributed by atoms with Crippen molar-refractivity contribution in [1.29, 1.82) is 0 Å². The van der Waals surface area contributed by atoms with Gasteiger partial charge in [0, 0.05) is 6.42 Å². The largest absolute Gasteiger partial charge is 0.478 e. The summed E-state index contributed by atoms with van der Waals surface area (Å²) in [6.45, 7) is 0.173. The van der Waals surface area contributed by atoms with Crippen LogP contribution in [0.25, 0.3) is 0 Å². The highest BCUT2D eigenvalue weighted by atomic mass is 32.2. The summed E-state index contributed by atoms with van der Waals surface area (Å²) < 4.78 is 10.5. The normalized spacial score (nSPS) is 18.3. The van der Waals surface area contributed by atoms with Crippen LogP contribution >= 0.6 is 11.8 Å². The molecular formula is C20H16N4O6S. The summed E-state index contributed by atoms with van der Waals surface area (Å²) >= 11 is 0.944. The van der Waals surface area contributed by atoms with E-state index in [2.05, 4.69) is 10.2 Å². The molecule has 1 fully saturated rings. The number of nitrogens with zero attached hydrogens (tertiary/aromatic N) is 3. The molecule has 158 valence electrons. The van der Waals surface area contributed by atoms with Crippen LogP contribution in [0.15, 0.2) is 52.7 Å². The third kappa shape index (κ3) is 4.36. The zero-order valence-electron chi connectivity index (χ0n) is 15.9. The van der Waals surface area contributed by atoms with E-state index in [-0.39, 0.29) is 23.9 Å². The Hall–Kier alpha value is -3.86. The Morgan fingerprint density at radius 2 is 1.90 bits per heavy atom. The van der Waals surface area contributed by atoms with E-state index in [9.17, 15) is 14.4 Å². The van der Waals surface area contributed by atoms with Crippen molar-refractivity contribution in [3.8, 4) is 11.5 Å². The molecule has 2 amide bonds. The number of ether oxygens (including phenoxy) is 2. The molecule has 2 aliphatic rings. The van der Waals surface area contributed by atoms with E-state index in [1.807, 2.05) is 0 Å². The number of fused-ring (bicyclic) bond motifs is 1. The first-order chi connectivity index (χ1) is 14.9. The van der Waals surface area contributed by atoms with Crippen molar-refractivity contribution in [3.05, 3.63) is 53.6 Å². The minimum absolute atomic E-state index is 0.0335. The van der Waals surface area contributed by atoms with Gasteiger partial charge in [-0.3, -0.25) is 9.59 Å². The van der Waals surface area contributed by atoms with Crippen molar-refractivity contribution in [3.63, 3.8) is 0 Å². The molecule has 4 rings (SSSR count). The van der Waals surface area contributed by atoms with Gasteiger partial charge in [-0.25, -0.2) is 9.69 Å². The number of nitrogens with two attached hydrogens (primary N) is 1. The van der Waals surface area contributed by atoms with Crippen LogP contribution < -0.4 is 20.1 Å². The summed E-state index contributed by atoms with van der Waals surface area (Å²) in [6, 6.07) is 10.8. The van der Waals surface area contributed by atoms with Crippen molar-refractivity contribution < 1.29 is 29.0 Å². The summed E-state index contributed by atoms with van der Waals surface area (Å²) in [5, 5.41) is 16.0. The fourth-order valence-corrected chi connectivity index (χ4v) is 3.85. The Morgan fingerprint density at radius 1 is 1.16 bits per heavy atom. The molecule has 0 aromatic heterocycles. The Balaban J connectivity index is 1.40. The fourth-order valence-electron chi connectivity index (χ4n) is 3.04. The van der Waals surface area contributed by atoms with E-state index in [0.29, 0.717) is 17.2 Å². The topological polar surface area (TPSA) is 144 Å². The van der Waals surface area contributed by atoms with Crippen LogP contribution in [0.1, 0.15) is 22.3 Å². The Kier molecular flexibility index (Phi) is 5.58. The Bertz CT molecular complexity index is 1120. The molecule has 0 spiro atoms. The first kappa shape index (κ1) is 20.4. The number of imide groups is 1. The molecule has 11 heteroatoms. The number of carbonyl (C=O) groups excluding carboxylic acids is 2. The molecular weight excluding hydrogens is 424 g/mol. The number of carboxylic acids is 1. The zero-order chi connectivity index (χ0) is 22.0. The van der Waals surface area contributed by atoms with Gasteiger partial charge in [0.1, 0.15) is 5.25 Å². The average Bonchev–Trinajstić information content (AvgIpc) is 3.31. The number of hydrogen-bond acceptors (Lipinski definition) is 8. The third-order valence-electron chi connectivity index (χ3n) is 4.50. The van der Waals surface area contributed by atoms with Crippen molar-refractivity contribution in [2.45, 2.75) is 11.7 Å². The van der Waals surface area contributed by atoms with Gasteiger partial charge < -0.3 is 20.3 Å². The maximum absolute atomic E-state index is 12.7. The quantitative estimate of drug-likeness (QED) is 0.310. The summed E-state index contributed by atoms with van der Waals surface area (Å²) in [6.07, 6.45) is 1.43. The minimum Gasteiger partial charge on any atom is -0.478 e. The highest BCUT2D eigenvalue weighted by molar-refractivity contribution is 8.14. The summed E-state index contributed by atoms with van der Waals surface area (Å²) in [5.41, 5.74) is 6.96. The molecule has 1 unspecified atom stereocenters. The number of hydrogen-bond donors (Lipinski definition) is 2. The fraction of sp³-hybridized carbons (Fsp3) is 0.150. The second-order valence-corrected chi connectivity index (χ2v) is 7.75. The van der Waals surface area contributed by atoms with E-state index >= 15 is 0 Å². The highest BCUT2D eigenvalue weighted by Crippen LogP contribution is 2.32. The predicted molar refractivity (Wildman–Crippen MR) is 114 cm³/mol. The van der Waals surface area contributed by atoms with Gasteiger partial charge in [-0.15, -0.1) is 5.10 Å². The van der Waals surface area contributed by atoms with Crippen LogP contribution in [0.5, 0.6) is 11.5 Å². The number of carbonyl (C=O) groups is 3. The molecule has 2 aromatic carbocycles. The molecule has 1 atom stereocenters. The first-order valence-electron chi connectivity index (χ1n) is 9.05. The molecule has 0 aliphatic carbocycles.